The second-order valence-electron chi connectivity index (χ2n) is 0.900. The van der Waals surface area contributed by atoms with Crippen LogP contribution in [-0.2, 0) is 49.3 Å². The minimum atomic E-state index is -5.17. The predicted octanol–water partition coefficient (Wildman–Crippen LogP) is -2.59. The number of hydrogen-bond acceptors (Lipinski definition) is 6. The number of hydrogen-bond donors (Lipinski definition) is 0. The van der Waals surface area contributed by atoms with E-state index in [0.29, 0.717) is 0 Å². The number of carbonyl (C=O) groups is 1. The molecule has 0 aromatic carbocycles. The van der Waals surface area contributed by atoms with E-state index in [1.807, 2.05) is 0 Å². The Balaban J connectivity index is -0.0000000383. The summed E-state index contributed by atoms with van der Waals surface area (Å²) in [7, 11) is -5.17. The third-order valence-electron chi connectivity index (χ3n) is 0. The summed E-state index contributed by atoms with van der Waals surface area (Å²) >= 11 is 0. The van der Waals surface area contributed by atoms with Gasteiger partial charge in [-0.3, -0.25) is 8.42 Å². The molecule has 0 aliphatic carbocycles. The molecule has 6 nitrogen and oxygen atoms in total. The van der Waals surface area contributed by atoms with Crippen LogP contribution in [0.5, 0.6) is 0 Å². The van der Waals surface area contributed by atoms with E-state index in [-0.39, 0.29) is 34.1 Å². The average molecular weight is 282 g/mol. The molecule has 0 N–H and O–H groups in total. The van der Waals surface area contributed by atoms with Gasteiger partial charge < -0.3 is 19.0 Å². The van der Waals surface area contributed by atoms with Crippen LogP contribution >= 0.6 is 0 Å². The number of carboxylic acids is 1. The van der Waals surface area contributed by atoms with Crippen molar-refractivity contribution in [3.8, 4) is 0 Å². The first-order valence-electron chi connectivity index (χ1n) is 1.57. The van der Waals surface area contributed by atoms with Crippen LogP contribution in [-0.4, -0.2) is 23.5 Å². The van der Waals surface area contributed by atoms with Gasteiger partial charge in [0.25, 0.3) is 0 Å². The van der Waals surface area contributed by atoms with Crippen LogP contribution < -0.4 is 5.11 Å². The third kappa shape index (κ3) is 5070. The van der Waals surface area contributed by atoms with Crippen LogP contribution in [0.25, 0.3) is 0 Å². The standard InChI is InChI=1S/C2H4O2.2Cu.H2O4S/c1-2(3)4;;;1-5(2,3)4/h1H3,(H,3,4);;;(H2,1,2,3,4)/q;2*+2;/p-3. The predicted molar refractivity (Wildman–Crippen MR) is 21.2 cm³/mol. The van der Waals surface area contributed by atoms with Gasteiger partial charge in [0, 0.05) is 16.4 Å². The Morgan fingerprint density at radius 3 is 1.18 bits per heavy atom. The fourth-order valence-corrected chi connectivity index (χ4v) is 0. The molecule has 0 aromatic rings. The third-order valence-corrected chi connectivity index (χ3v) is 0. The molecule has 0 fully saturated rings. The minimum Gasteiger partial charge on any atom is -0.759 e. The Labute approximate surface area is 84.9 Å². The summed E-state index contributed by atoms with van der Waals surface area (Å²) in [6.45, 7) is 0.972. The monoisotopic (exact) mass is 281 g/mol. The molecule has 0 bridgehead atoms. The van der Waals surface area contributed by atoms with Crippen LogP contribution in [0.15, 0.2) is 0 Å². The second kappa shape index (κ2) is 10.4. The Bertz CT molecular complexity index is 161. The molecule has 2 radical (unpaired) electrons. The van der Waals surface area contributed by atoms with Crippen molar-refractivity contribution in [2.24, 2.45) is 0 Å². The summed E-state index contributed by atoms with van der Waals surface area (Å²) in [6.07, 6.45) is 0. The molecule has 0 heterocycles. The molecule has 0 unspecified atom stereocenters. The molecule has 0 amide bonds. The number of aliphatic carboxylic acids is 1. The van der Waals surface area contributed by atoms with E-state index in [2.05, 4.69) is 0 Å². The zero-order valence-electron chi connectivity index (χ0n) is 4.96. The van der Waals surface area contributed by atoms with E-state index in [9.17, 15) is 0 Å². The molecular formula is C2H3Cu2O6S+. The fraction of sp³-hybridized carbons (Fsp3) is 0.500. The van der Waals surface area contributed by atoms with Gasteiger partial charge in [-0.15, -0.1) is 0 Å². The van der Waals surface area contributed by atoms with Crippen molar-refractivity contribution in [2.45, 2.75) is 6.92 Å². The quantitative estimate of drug-likeness (QED) is 0.273. The molecule has 0 atom stereocenters. The van der Waals surface area contributed by atoms with E-state index in [0.717, 1.165) is 6.92 Å². The Morgan fingerprint density at radius 1 is 1.18 bits per heavy atom. The van der Waals surface area contributed by atoms with E-state index in [1.54, 1.807) is 0 Å². The summed E-state index contributed by atoms with van der Waals surface area (Å²) in [6, 6.07) is 0. The van der Waals surface area contributed by atoms with Gasteiger partial charge in [-0.2, -0.15) is 0 Å². The van der Waals surface area contributed by atoms with Gasteiger partial charge in [-0.25, -0.2) is 0 Å². The maximum Gasteiger partial charge on any atom is 2.00 e. The van der Waals surface area contributed by atoms with Crippen LogP contribution in [0.3, 0.4) is 0 Å². The van der Waals surface area contributed by atoms with Crippen molar-refractivity contribution in [1.82, 2.24) is 0 Å². The molecule has 0 aliphatic heterocycles. The van der Waals surface area contributed by atoms with Crippen LogP contribution in [0.4, 0.5) is 0 Å². The zero-order valence-corrected chi connectivity index (χ0v) is 7.66. The number of carbonyl (C=O) groups excluding carboxylic acids is 1. The normalized spacial score (nSPS) is 7.55. The second-order valence-corrected chi connectivity index (χ2v) is 1.72. The maximum atomic E-state index is 8.89. The van der Waals surface area contributed by atoms with Gasteiger partial charge in [0.2, 0.25) is 0 Å². The zero-order chi connectivity index (χ0) is 8.08. The van der Waals surface area contributed by atoms with Crippen LogP contribution in [0, 0.1) is 0 Å². The summed E-state index contributed by atoms with van der Waals surface area (Å²) in [5.74, 6) is -1.08. The average Bonchev–Trinajstić information content (AvgIpc) is 1.19. The Hall–Kier alpha value is 0.379. The summed E-state index contributed by atoms with van der Waals surface area (Å²) in [4.78, 5) is 8.89. The van der Waals surface area contributed by atoms with E-state index in [4.69, 9.17) is 27.4 Å². The SMILES string of the molecule is CC(=O)[O-].O=S(=O)([O-])[O-].[Cu+2].[Cu+2]. The molecule has 9 heteroatoms. The molecule has 0 aromatic heterocycles. The molecule has 0 aliphatic rings. The van der Waals surface area contributed by atoms with Crippen LogP contribution in [0.2, 0.25) is 0 Å². The Morgan fingerprint density at radius 2 is 1.18 bits per heavy atom. The van der Waals surface area contributed by atoms with Gasteiger partial charge in [0.15, 0.2) is 0 Å². The van der Waals surface area contributed by atoms with Crippen molar-refractivity contribution < 1.29 is 61.6 Å². The topological polar surface area (TPSA) is 120 Å². The van der Waals surface area contributed by atoms with Gasteiger partial charge in [0.1, 0.15) is 0 Å². The molecule has 0 rings (SSSR count). The number of rotatable bonds is 0. The van der Waals surface area contributed by atoms with Gasteiger partial charge in [0.05, 0.1) is 0 Å². The largest absolute Gasteiger partial charge is 2.00 e. The first-order chi connectivity index (χ1) is 3.73. The minimum absolute atomic E-state index is 0. The first-order valence-corrected chi connectivity index (χ1v) is 2.91. The van der Waals surface area contributed by atoms with Crippen molar-refractivity contribution in [3.05, 3.63) is 0 Å². The van der Waals surface area contributed by atoms with E-state index in [1.165, 1.54) is 0 Å². The molecule has 74 valence electrons. The van der Waals surface area contributed by atoms with Gasteiger partial charge >= 0.3 is 34.1 Å². The van der Waals surface area contributed by atoms with Crippen molar-refractivity contribution in [3.63, 3.8) is 0 Å². The van der Waals surface area contributed by atoms with E-state index < -0.39 is 16.4 Å². The summed E-state index contributed by atoms with van der Waals surface area (Å²) in [5, 5.41) is 8.89. The Kier molecular flexibility index (Phi) is 21.2. The van der Waals surface area contributed by atoms with E-state index >= 15 is 0 Å². The number of carboxylic acid groups (broad SMARTS) is 1. The van der Waals surface area contributed by atoms with Crippen molar-refractivity contribution in [1.29, 1.82) is 0 Å². The molecule has 0 spiro atoms. The first kappa shape index (κ1) is 22.5. The molecular weight excluding hydrogens is 279 g/mol. The fourth-order valence-electron chi connectivity index (χ4n) is 0. The summed E-state index contributed by atoms with van der Waals surface area (Å²) < 4.78 is 34.1. The summed E-state index contributed by atoms with van der Waals surface area (Å²) in [5.41, 5.74) is 0. The maximum absolute atomic E-state index is 8.89. The smallest absolute Gasteiger partial charge is 0.759 e. The molecule has 0 saturated heterocycles. The van der Waals surface area contributed by atoms with Crippen molar-refractivity contribution >= 4 is 16.4 Å². The molecule has 0 saturated carbocycles. The van der Waals surface area contributed by atoms with Crippen molar-refractivity contribution in [2.75, 3.05) is 0 Å². The van der Waals surface area contributed by atoms with Gasteiger partial charge in [-0.05, 0) is 6.92 Å². The molecule has 11 heavy (non-hydrogen) atoms. The van der Waals surface area contributed by atoms with Crippen LogP contribution in [0.1, 0.15) is 6.92 Å². The van der Waals surface area contributed by atoms with Gasteiger partial charge in [-0.1, -0.05) is 0 Å².